The molecule has 0 unspecified atom stereocenters. The Labute approximate surface area is 125 Å². The van der Waals surface area contributed by atoms with Gasteiger partial charge in [0.2, 0.25) is 5.75 Å². The van der Waals surface area contributed by atoms with E-state index in [1.54, 1.807) is 19.9 Å². The molecule has 1 aromatic carbocycles. The molecule has 0 aliphatic rings. The fourth-order valence-corrected chi connectivity index (χ4v) is 1.97. The Morgan fingerprint density at radius 3 is 2.57 bits per heavy atom. The first-order chi connectivity index (χ1) is 9.93. The van der Waals surface area contributed by atoms with Crippen LogP contribution in [0.1, 0.15) is 11.1 Å². The molecule has 0 saturated heterocycles. The zero-order valence-electron chi connectivity index (χ0n) is 11.6. The van der Waals surface area contributed by atoms with Gasteiger partial charge < -0.3 is 9.47 Å². The number of hydrogen-bond acceptors (Lipinski definition) is 6. The molecule has 1 heterocycles. The van der Waals surface area contributed by atoms with E-state index in [9.17, 15) is 10.1 Å². The van der Waals surface area contributed by atoms with Gasteiger partial charge in [0.1, 0.15) is 12.1 Å². The van der Waals surface area contributed by atoms with Crippen LogP contribution in [0.25, 0.3) is 0 Å². The second-order valence-corrected chi connectivity index (χ2v) is 4.62. The van der Waals surface area contributed by atoms with Crippen LogP contribution in [-0.4, -0.2) is 22.0 Å². The quantitative estimate of drug-likeness (QED) is 0.488. The van der Waals surface area contributed by atoms with Gasteiger partial charge in [-0.1, -0.05) is 11.6 Å². The summed E-state index contributed by atoms with van der Waals surface area (Å²) >= 11 is 5.89. The van der Waals surface area contributed by atoms with Crippen molar-refractivity contribution in [1.29, 1.82) is 0 Å². The lowest BCUT2D eigenvalue weighted by atomic mass is 10.1. The SMILES string of the molecule is COc1c(Cl)ncnc1Oc1cc(C)c([N+](=O)[O-])cc1C. The molecule has 0 N–H and O–H groups in total. The van der Waals surface area contributed by atoms with Crippen molar-refractivity contribution in [2.75, 3.05) is 7.11 Å². The maximum absolute atomic E-state index is 10.9. The van der Waals surface area contributed by atoms with Crippen molar-refractivity contribution in [2.24, 2.45) is 0 Å². The average molecular weight is 310 g/mol. The number of nitro benzene ring substituents is 1. The van der Waals surface area contributed by atoms with Crippen LogP contribution >= 0.6 is 11.6 Å². The van der Waals surface area contributed by atoms with Gasteiger partial charge in [0, 0.05) is 11.6 Å². The molecule has 21 heavy (non-hydrogen) atoms. The van der Waals surface area contributed by atoms with Crippen LogP contribution in [0.3, 0.4) is 0 Å². The van der Waals surface area contributed by atoms with Gasteiger partial charge in [0.25, 0.3) is 11.6 Å². The third-order valence-corrected chi connectivity index (χ3v) is 3.10. The number of halogens is 1. The van der Waals surface area contributed by atoms with Gasteiger partial charge in [-0.15, -0.1) is 0 Å². The summed E-state index contributed by atoms with van der Waals surface area (Å²) in [6.45, 7) is 3.34. The van der Waals surface area contributed by atoms with E-state index in [0.29, 0.717) is 16.9 Å². The monoisotopic (exact) mass is 309 g/mol. The second kappa shape index (κ2) is 5.92. The first kappa shape index (κ1) is 15.0. The van der Waals surface area contributed by atoms with Crippen molar-refractivity contribution in [2.45, 2.75) is 13.8 Å². The Kier molecular flexibility index (Phi) is 4.23. The van der Waals surface area contributed by atoms with E-state index in [4.69, 9.17) is 21.1 Å². The molecule has 8 heteroatoms. The van der Waals surface area contributed by atoms with Crippen LogP contribution in [0.5, 0.6) is 17.4 Å². The highest BCUT2D eigenvalue weighted by Gasteiger charge is 2.17. The summed E-state index contributed by atoms with van der Waals surface area (Å²) < 4.78 is 10.7. The third-order valence-electron chi connectivity index (χ3n) is 2.83. The number of aryl methyl sites for hydroxylation is 2. The molecule has 0 aliphatic heterocycles. The largest absolute Gasteiger partial charge is 0.489 e. The molecule has 7 nitrogen and oxygen atoms in total. The Morgan fingerprint density at radius 2 is 1.95 bits per heavy atom. The standard InChI is InChI=1S/C13H12ClN3O4/c1-7-5-10(8(2)4-9(7)17(18)19)21-13-11(20-3)12(14)15-6-16-13/h4-6H,1-3H3. The predicted octanol–water partition coefficient (Wildman–Crippen LogP) is 3.46. The number of methoxy groups -OCH3 is 1. The predicted molar refractivity (Wildman–Crippen MR) is 76.2 cm³/mol. The molecular formula is C13H12ClN3O4. The number of benzene rings is 1. The smallest absolute Gasteiger partial charge is 0.272 e. The lowest BCUT2D eigenvalue weighted by Crippen LogP contribution is -1.98. The number of hydrogen-bond donors (Lipinski definition) is 0. The third kappa shape index (κ3) is 3.03. The second-order valence-electron chi connectivity index (χ2n) is 4.27. The molecule has 2 aromatic rings. The molecule has 0 bridgehead atoms. The summed E-state index contributed by atoms with van der Waals surface area (Å²) in [5, 5.41) is 11.0. The lowest BCUT2D eigenvalue weighted by Gasteiger charge is -2.12. The summed E-state index contributed by atoms with van der Waals surface area (Å²) in [5.74, 6) is 0.787. The molecule has 1 aromatic heterocycles. The van der Waals surface area contributed by atoms with E-state index >= 15 is 0 Å². The zero-order chi connectivity index (χ0) is 15.6. The summed E-state index contributed by atoms with van der Waals surface area (Å²) in [7, 11) is 1.42. The topological polar surface area (TPSA) is 87.4 Å². The van der Waals surface area contributed by atoms with Gasteiger partial charge in [-0.25, -0.2) is 4.98 Å². The lowest BCUT2D eigenvalue weighted by molar-refractivity contribution is -0.385. The molecule has 0 fully saturated rings. The van der Waals surface area contributed by atoms with Crippen molar-refractivity contribution in [3.63, 3.8) is 0 Å². The van der Waals surface area contributed by atoms with E-state index in [2.05, 4.69) is 9.97 Å². The molecule has 0 radical (unpaired) electrons. The van der Waals surface area contributed by atoms with E-state index in [1.807, 2.05) is 0 Å². The number of rotatable bonds is 4. The van der Waals surface area contributed by atoms with Crippen LogP contribution < -0.4 is 9.47 Å². The normalized spacial score (nSPS) is 10.3. The fraction of sp³-hybridized carbons (Fsp3) is 0.231. The van der Waals surface area contributed by atoms with Gasteiger partial charge in [-0.05, 0) is 25.5 Å². The van der Waals surface area contributed by atoms with Gasteiger partial charge in [0.15, 0.2) is 5.15 Å². The number of nitro groups is 1. The summed E-state index contributed by atoms with van der Waals surface area (Å²) in [6.07, 6.45) is 1.24. The van der Waals surface area contributed by atoms with Crippen LogP contribution in [-0.2, 0) is 0 Å². The van der Waals surface area contributed by atoms with Crippen LogP contribution in [0.4, 0.5) is 5.69 Å². The van der Waals surface area contributed by atoms with Crippen LogP contribution in [0.15, 0.2) is 18.5 Å². The Hall–Kier alpha value is -2.41. The highest BCUT2D eigenvalue weighted by molar-refractivity contribution is 6.31. The van der Waals surface area contributed by atoms with Crippen molar-refractivity contribution < 1.29 is 14.4 Å². The van der Waals surface area contributed by atoms with Crippen molar-refractivity contribution in [3.05, 3.63) is 44.9 Å². The Morgan fingerprint density at radius 1 is 1.24 bits per heavy atom. The highest BCUT2D eigenvalue weighted by Crippen LogP contribution is 2.36. The molecular weight excluding hydrogens is 298 g/mol. The average Bonchev–Trinajstić information content (AvgIpc) is 2.42. The van der Waals surface area contributed by atoms with Gasteiger partial charge in [-0.2, -0.15) is 4.98 Å². The minimum absolute atomic E-state index is 0.0348. The summed E-state index contributed by atoms with van der Waals surface area (Å²) in [5.41, 5.74) is 1.12. The first-order valence-electron chi connectivity index (χ1n) is 5.92. The molecule has 0 spiro atoms. The highest BCUT2D eigenvalue weighted by atomic mass is 35.5. The Balaban J connectivity index is 2.43. The first-order valence-corrected chi connectivity index (χ1v) is 6.29. The fourth-order valence-electron chi connectivity index (χ4n) is 1.77. The van der Waals surface area contributed by atoms with Gasteiger partial charge in [0.05, 0.1) is 12.0 Å². The van der Waals surface area contributed by atoms with Crippen LogP contribution in [0.2, 0.25) is 5.15 Å². The van der Waals surface area contributed by atoms with Crippen molar-refractivity contribution in [1.82, 2.24) is 9.97 Å². The minimum Gasteiger partial charge on any atom is -0.489 e. The van der Waals surface area contributed by atoms with E-state index < -0.39 is 4.92 Å². The number of nitrogens with zero attached hydrogens (tertiary/aromatic N) is 3. The van der Waals surface area contributed by atoms with E-state index in [-0.39, 0.29) is 22.5 Å². The molecule has 0 saturated carbocycles. The summed E-state index contributed by atoms with van der Waals surface area (Å²) in [4.78, 5) is 18.2. The number of ether oxygens (including phenoxy) is 2. The maximum atomic E-state index is 10.9. The van der Waals surface area contributed by atoms with Gasteiger partial charge >= 0.3 is 0 Å². The Bertz CT molecular complexity index is 706. The number of aromatic nitrogens is 2. The van der Waals surface area contributed by atoms with E-state index in [1.165, 1.54) is 19.5 Å². The molecule has 0 atom stereocenters. The summed E-state index contributed by atoms with van der Waals surface area (Å²) in [6, 6.07) is 3.02. The van der Waals surface area contributed by atoms with Gasteiger partial charge in [-0.3, -0.25) is 10.1 Å². The van der Waals surface area contributed by atoms with E-state index in [0.717, 1.165) is 0 Å². The molecule has 0 amide bonds. The molecule has 2 rings (SSSR count). The molecule has 0 aliphatic carbocycles. The van der Waals surface area contributed by atoms with Crippen LogP contribution in [0, 0.1) is 24.0 Å². The maximum Gasteiger partial charge on any atom is 0.272 e. The minimum atomic E-state index is -0.436. The van der Waals surface area contributed by atoms with Crippen molar-refractivity contribution >= 4 is 17.3 Å². The zero-order valence-corrected chi connectivity index (χ0v) is 12.3. The molecule has 110 valence electrons. The van der Waals surface area contributed by atoms with Crippen molar-refractivity contribution in [3.8, 4) is 17.4 Å².